The van der Waals surface area contributed by atoms with E-state index in [4.69, 9.17) is 0 Å². The third-order valence-electron chi connectivity index (χ3n) is 6.74. The van der Waals surface area contributed by atoms with Crippen molar-refractivity contribution in [2.45, 2.75) is 25.7 Å². The van der Waals surface area contributed by atoms with Crippen LogP contribution in [0.3, 0.4) is 0 Å². The van der Waals surface area contributed by atoms with Crippen LogP contribution >= 0.6 is 0 Å². The third-order valence-corrected chi connectivity index (χ3v) is 6.74. The Morgan fingerprint density at radius 1 is 1.10 bits per heavy atom. The Morgan fingerprint density at radius 3 is 2.63 bits per heavy atom. The molecule has 152 valence electrons. The van der Waals surface area contributed by atoms with Crippen molar-refractivity contribution in [1.29, 1.82) is 0 Å². The van der Waals surface area contributed by atoms with Crippen LogP contribution in [0.1, 0.15) is 31.2 Å². The molecular formula is C23H18FNO5. The molecule has 5 rings (SSSR count). The molecule has 7 heteroatoms. The van der Waals surface area contributed by atoms with Crippen molar-refractivity contribution < 1.29 is 28.7 Å². The molecule has 0 spiro atoms. The molecule has 6 nitrogen and oxygen atoms in total. The van der Waals surface area contributed by atoms with Gasteiger partial charge < -0.3 is 5.11 Å². The van der Waals surface area contributed by atoms with Gasteiger partial charge >= 0.3 is 0 Å². The van der Waals surface area contributed by atoms with Gasteiger partial charge in [0.1, 0.15) is 0 Å². The summed E-state index contributed by atoms with van der Waals surface area (Å²) in [4.78, 5) is 50.6. The quantitative estimate of drug-likeness (QED) is 0.423. The summed E-state index contributed by atoms with van der Waals surface area (Å²) in [6.07, 6.45) is 3.55. The lowest BCUT2D eigenvalue weighted by Crippen LogP contribution is -2.39. The van der Waals surface area contributed by atoms with Crippen LogP contribution in [0.5, 0.6) is 5.75 Å². The molecule has 0 aromatic heterocycles. The number of aromatic hydroxyl groups is 1. The SMILES string of the molecule is CC1=CC(=O)C2=C(C1=O)C(c1cccc(F)c1O)C1=CCC3C(=O)NC(=O)C3C1C2. The maximum Gasteiger partial charge on any atom is 0.231 e. The molecule has 1 aromatic carbocycles. The normalized spacial score (nSPS) is 30.3. The zero-order chi connectivity index (χ0) is 21.3. The summed E-state index contributed by atoms with van der Waals surface area (Å²) < 4.78 is 14.2. The van der Waals surface area contributed by atoms with E-state index in [0.717, 1.165) is 6.07 Å². The number of hydrogen-bond acceptors (Lipinski definition) is 5. The predicted octanol–water partition coefficient (Wildman–Crippen LogP) is 2.25. The first-order valence-electron chi connectivity index (χ1n) is 9.82. The zero-order valence-corrected chi connectivity index (χ0v) is 16.1. The summed E-state index contributed by atoms with van der Waals surface area (Å²) in [6.45, 7) is 1.55. The van der Waals surface area contributed by atoms with E-state index in [1.165, 1.54) is 18.2 Å². The number of fused-ring (bicyclic) bond motifs is 3. The van der Waals surface area contributed by atoms with Gasteiger partial charge in [0, 0.05) is 28.2 Å². The number of carbonyl (C=O) groups is 4. The molecule has 3 aliphatic carbocycles. The van der Waals surface area contributed by atoms with Gasteiger partial charge in [-0.15, -0.1) is 0 Å². The molecule has 0 bridgehead atoms. The Labute approximate surface area is 171 Å². The maximum absolute atomic E-state index is 14.2. The fourth-order valence-electron chi connectivity index (χ4n) is 5.39. The van der Waals surface area contributed by atoms with E-state index >= 15 is 0 Å². The highest BCUT2D eigenvalue weighted by molar-refractivity contribution is 6.23. The van der Waals surface area contributed by atoms with Gasteiger partial charge in [0.2, 0.25) is 11.8 Å². The lowest BCUT2D eigenvalue weighted by molar-refractivity contribution is -0.126. The fourth-order valence-corrected chi connectivity index (χ4v) is 5.39. The van der Waals surface area contributed by atoms with Crippen LogP contribution in [-0.2, 0) is 19.2 Å². The van der Waals surface area contributed by atoms with Crippen molar-refractivity contribution >= 4 is 23.4 Å². The average Bonchev–Trinajstić information content (AvgIpc) is 3.01. The van der Waals surface area contributed by atoms with Crippen molar-refractivity contribution in [2.75, 3.05) is 0 Å². The third kappa shape index (κ3) is 2.41. The van der Waals surface area contributed by atoms with Gasteiger partial charge in [-0.3, -0.25) is 24.5 Å². The number of ketones is 2. The minimum absolute atomic E-state index is 0.157. The Kier molecular flexibility index (Phi) is 3.93. The largest absolute Gasteiger partial charge is 0.505 e. The summed E-state index contributed by atoms with van der Waals surface area (Å²) in [5.74, 6) is -5.31. The summed E-state index contributed by atoms with van der Waals surface area (Å²) >= 11 is 0. The van der Waals surface area contributed by atoms with Crippen molar-refractivity contribution in [1.82, 2.24) is 5.32 Å². The highest BCUT2D eigenvalue weighted by Gasteiger charge is 2.53. The first-order chi connectivity index (χ1) is 14.3. The zero-order valence-electron chi connectivity index (χ0n) is 16.1. The second kappa shape index (κ2) is 6.32. The molecule has 2 amide bonds. The topological polar surface area (TPSA) is 101 Å². The number of amides is 2. The summed E-state index contributed by atoms with van der Waals surface area (Å²) in [7, 11) is 0. The number of rotatable bonds is 1. The van der Waals surface area contributed by atoms with Crippen molar-refractivity contribution in [3.05, 3.63) is 64.0 Å². The van der Waals surface area contributed by atoms with Gasteiger partial charge in [-0.1, -0.05) is 23.8 Å². The van der Waals surface area contributed by atoms with Crippen molar-refractivity contribution in [3.8, 4) is 5.75 Å². The monoisotopic (exact) mass is 407 g/mol. The van der Waals surface area contributed by atoms with E-state index in [2.05, 4.69) is 5.32 Å². The van der Waals surface area contributed by atoms with E-state index < -0.39 is 41.1 Å². The number of Topliss-reactive ketones (excluding diaryl/α,β-unsaturated/α-hetero) is 1. The number of imide groups is 1. The number of phenolic OH excluding ortho intramolecular Hbond substituents is 1. The Bertz CT molecular complexity index is 1160. The van der Waals surface area contributed by atoms with Crippen LogP contribution < -0.4 is 5.32 Å². The van der Waals surface area contributed by atoms with Crippen LogP contribution in [0.15, 0.2) is 52.6 Å². The lowest BCUT2D eigenvalue weighted by atomic mass is 9.59. The van der Waals surface area contributed by atoms with Gasteiger partial charge in [-0.05, 0) is 37.8 Å². The first kappa shape index (κ1) is 18.7. The number of carbonyl (C=O) groups excluding carboxylic acids is 4. The number of hydrogen-bond donors (Lipinski definition) is 2. The van der Waals surface area contributed by atoms with Gasteiger partial charge in [-0.25, -0.2) is 4.39 Å². The van der Waals surface area contributed by atoms with Crippen LogP contribution in [0.2, 0.25) is 0 Å². The van der Waals surface area contributed by atoms with E-state index in [1.807, 2.05) is 6.08 Å². The molecule has 1 aromatic rings. The minimum atomic E-state index is -0.848. The Hall–Kier alpha value is -3.35. The molecule has 0 saturated carbocycles. The van der Waals surface area contributed by atoms with Crippen LogP contribution in [0.25, 0.3) is 0 Å². The standard InChI is InChI=1S/C23H18FNO5/c1-9-7-16(26)14-8-13-10(5-6-12-18(13)23(30)25-22(12)29)17(19(14)20(9)27)11-3-2-4-15(24)21(11)28/h2-5,7,12-13,17-18,28H,6,8H2,1H3,(H,25,29,30). The van der Waals surface area contributed by atoms with Crippen LogP contribution in [-0.4, -0.2) is 28.5 Å². The molecule has 1 saturated heterocycles. The average molecular weight is 407 g/mol. The second-order valence-corrected chi connectivity index (χ2v) is 8.26. The number of allylic oxidation sites excluding steroid dienone is 6. The summed E-state index contributed by atoms with van der Waals surface area (Å²) in [6, 6.07) is 4.07. The predicted molar refractivity (Wildman–Crippen MR) is 103 cm³/mol. The van der Waals surface area contributed by atoms with E-state index in [9.17, 15) is 28.7 Å². The molecule has 1 aliphatic heterocycles. The van der Waals surface area contributed by atoms with Gasteiger partial charge in [0.05, 0.1) is 11.8 Å². The maximum atomic E-state index is 14.2. The molecule has 4 unspecified atom stereocenters. The highest BCUT2D eigenvalue weighted by Crippen LogP contribution is 2.55. The van der Waals surface area contributed by atoms with Gasteiger partial charge in [-0.2, -0.15) is 0 Å². The number of para-hydroxylation sites is 1. The summed E-state index contributed by atoms with van der Waals surface area (Å²) in [5.41, 5.74) is 1.64. The van der Waals surface area contributed by atoms with E-state index in [-0.39, 0.29) is 46.2 Å². The lowest BCUT2D eigenvalue weighted by Gasteiger charge is -2.42. The molecule has 2 N–H and O–H groups in total. The molecule has 4 aliphatic rings. The smallest absolute Gasteiger partial charge is 0.231 e. The van der Waals surface area contributed by atoms with Crippen molar-refractivity contribution in [3.63, 3.8) is 0 Å². The van der Waals surface area contributed by atoms with Gasteiger partial charge in [0.15, 0.2) is 23.1 Å². The number of phenols is 1. The highest BCUT2D eigenvalue weighted by atomic mass is 19.1. The number of halogens is 1. The molecule has 4 atom stereocenters. The van der Waals surface area contributed by atoms with Crippen molar-refractivity contribution in [2.24, 2.45) is 17.8 Å². The van der Waals surface area contributed by atoms with Crippen LogP contribution in [0, 0.1) is 23.6 Å². The molecule has 1 heterocycles. The minimum Gasteiger partial charge on any atom is -0.505 e. The molecule has 30 heavy (non-hydrogen) atoms. The fraction of sp³-hybridized carbons (Fsp3) is 0.304. The number of benzene rings is 1. The summed E-state index contributed by atoms with van der Waals surface area (Å²) in [5, 5.41) is 12.8. The molecule has 1 fully saturated rings. The molecular weight excluding hydrogens is 389 g/mol. The van der Waals surface area contributed by atoms with Crippen LogP contribution in [0.4, 0.5) is 4.39 Å². The van der Waals surface area contributed by atoms with E-state index in [1.54, 1.807) is 6.92 Å². The first-order valence-corrected chi connectivity index (χ1v) is 9.82. The van der Waals surface area contributed by atoms with E-state index in [0.29, 0.717) is 12.0 Å². The Morgan fingerprint density at radius 2 is 1.87 bits per heavy atom. The second-order valence-electron chi connectivity index (χ2n) is 8.26. The van der Waals surface area contributed by atoms with Gasteiger partial charge in [0.25, 0.3) is 0 Å². The molecule has 0 radical (unpaired) electrons. The Balaban J connectivity index is 1.76. The number of nitrogens with one attached hydrogen (secondary N) is 1.